The summed E-state index contributed by atoms with van der Waals surface area (Å²) in [6.07, 6.45) is 4.48. The van der Waals surface area contributed by atoms with E-state index < -0.39 is 0 Å². The number of aromatic amines is 1. The van der Waals surface area contributed by atoms with Gasteiger partial charge in [-0.3, -0.25) is 9.20 Å². The second kappa shape index (κ2) is 6.20. The van der Waals surface area contributed by atoms with Gasteiger partial charge in [-0.2, -0.15) is 0 Å². The van der Waals surface area contributed by atoms with Gasteiger partial charge in [0.25, 0.3) is 5.56 Å². The molecule has 6 nitrogen and oxygen atoms in total. The summed E-state index contributed by atoms with van der Waals surface area (Å²) in [6.45, 7) is 3.54. The van der Waals surface area contributed by atoms with Crippen molar-refractivity contribution in [2.24, 2.45) is 0 Å². The summed E-state index contributed by atoms with van der Waals surface area (Å²) >= 11 is 0. The summed E-state index contributed by atoms with van der Waals surface area (Å²) in [5, 5.41) is 8.36. The number of rotatable bonds is 3. The number of H-pyrrole nitrogens is 1. The number of ether oxygens (including phenoxy) is 1. The Morgan fingerprint density at radius 1 is 1.29 bits per heavy atom. The van der Waals surface area contributed by atoms with E-state index in [-0.39, 0.29) is 5.56 Å². The van der Waals surface area contributed by atoms with Crippen molar-refractivity contribution in [2.75, 3.05) is 13.2 Å². The molecule has 4 rings (SSSR count). The number of hydrogen-bond donors (Lipinski definition) is 1. The Labute approximate surface area is 139 Å². The Morgan fingerprint density at radius 2 is 2.12 bits per heavy atom. The molecule has 1 aliphatic rings. The number of aromatic nitrogens is 4. The lowest BCUT2D eigenvalue weighted by Gasteiger charge is -2.20. The molecular formula is C18H20N4O2. The largest absolute Gasteiger partial charge is 0.381 e. The predicted octanol–water partition coefficient (Wildman–Crippen LogP) is 2.21. The summed E-state index contributed by atoms with van der Waals surface area (Å²) < 4.78 is 7.28. The van der Waals surface area contributed by atoms with Crippen molar-refractivity contribution in [2.45, 2.75) is 32.1 Å². The van der Waals surface area contributed by atoms with Crippen molar-refractivity contribution in [1.29, 1.82) is 0 Å². The van der Waals surface area contributed by atoms with E-state index in [1.54, 1.807) is 0 Å². The second-order valence-corrected chi connectivity index (χ2v) is 6.41. The van der Waals surface area contributed by atoms with Crippen LogP contribution in [0.15, 0.2) is 35.3 Å². The summed E-state index contributed by atoms with van der Waals surface area (Å²) in [4.78, 5) is 15.3. The molecule has 3 heterocycles. The topological polar surface area (TPSA) is 72.3 Å². The van der Waals surface area contributed by atoms with Gasteiger partial charge in [0.15, 0.2) is 0 Å². The normalized spacial score (nSPS) is 15.9. The van der Waals surface area contributed by atoms with Crippen LogP contribution in [0.4, 0.5) is 0 Å². The van der Waals surface area contributed by atoms with Gasteiger partial charge in [-0.25, -0.2) is 0 Å². The lowest BCUT2D eigenvalue weighted by Crippen LogP contribution is -2.18. The van der Waals surface area contributed by atoms with E-state index in [4.69, 9.17) is 4.74 Å². The summed E-state index contributed by atoms with van der Waals surface area (Å²) in [7, 11) is 0. The standard InChI is InChI=1S/C18H20N4O2/c1-12-3-2-4-13(9-12)10-15-11-22-16(14-5-7-24-8-6-14)20-21-17(22)18(23)19-15/h2-4,9,11,14H,5-8,10H2,1H3,(H,19,23). The third kappa shape index (κ3) is 2.85. The summed E-state index contributed by atoms with van der Waals surface area (Å²) in [5.41, 5.74) is 3.43. The molecule has 2 aromatic heterocycles. The molecule has 1 N–H and O–H groups in total. The van der Waals surface area contributed by atoms with Gasteiger partial charge in [0.05, 0.1) is 0 Å². The fourth-order valence-corrected chi connectivity index (χ4v) is 3.34. The van der Waals surface area contributed by atoms with Crippen LogP contribution in [0, 0.1) is 6.92 Å². The maximum atomic E-state index is 12.3. The van der Waals surface area contributed by atoms with Crippen LogP contribution in [-0.4, -0.2) is 32.8 Å². The zero-order valence-electron chi connectivity index (χ0n) is 13.7. The van der Waals surface area contributed by atoms with Crippen molar-refractivity contribution in [1.82, 2.24) is 19.6 Å². The maximum absolute atomic E-state index is 12.3. The van der Waals surface area contributed by atoms with Crippen LogP contribution in [0.25, 0.3) is 5.65 Å². The van der Waals surface area contributed by atoms with Gasteiger partial charge in [0.1, 0.15) is 5.82 Å². The van der Waals surface area contributed by atoms with Gasteiger partial charge in [0.2, 0.25) is 5.65 Å². The fourth-order valence-electron chi connectivity index (χ4n) is 3.34. The molecule has 6 heteroatoms. The molecule has 0 radical (unpaired) electrons. The quantitative estimate of drug-likeness (QED) is 0.802. The minimum atomic E-state index is -0.189. The molecule has 1 fully saturated rings. The molecule has 24 heavy (non-hydrogen) atoms. The zero-order chi connectivity index (χ0) is 16.5. The molecule has 0 bridgehead atoms. The average Bonchev–Trinajstić information content (AvgIpc) is 3.00. The first kappa shape index (κ1) is 15.1. The van der Waals surface area contributed by atoms with Gasteiger partial charge in [-0.15, -0.1) is 10.2 Å². The van der Waals surface area contributed by atoms with Crippen molar-refractivity contribution in [3.05, 3.63) is 63.5 Å². The summed E-state index contributed by atoms with van der Waals surface area (Å²) in [6, 6.07) is 8.31. The van der Waals surface area contributed by atoms with Gasteiger partial charge >= 0.3 is 0 Å². The number of benzene rings is 1. The zero-order valence-corrected chi connectivity index (χ0v) is 13.7. The first-order valence-electron chi connectivity index (χ1n) is 8.31. The molecule has 0 atom stereocenters. The number of hydrogen-bond acceptors (Lipinski definition) is 4. The van der Waals surface area contributed by atoms with E-state index in [2.05, 4.69) is 40.3 Å². The third-order valence-electron chi connectivity index (χ3n) is 4.55. The lowest BCUT2D eigenvalue weighted by molar-refractivity contribution is 0.0834. The second-order valence-electron chi connectivity index (χ2n) is 6.41. The van der Waals surface area contributed by atoms with E-state index >= 15 is 0 Å². The molecule has 0 aliphatic carbocycles. The first-order valence-corrected chi connectivity index (χ1v) is 8.31. The number of aryl methyl sites for hydroxylation is 1. The molecule has 0 unspecified atom stereocenters. The molecule has 0 saturated carbocycles. The van der Waals surface area contributed by atoms with E-state index in [9.17, 15) is 4.79 Å². The van der Waals surface area contributed by atoms with Crippen LogP contribution in [0.2, 0.25) is 0 Å². The lowest BCUT2D eigenvalue weighted by atomic mass is 9.99. The molecule has 124 valence electrons. The van der Waals surface area contributed by atoms with Crippen LogP contribution in [0.5, 0.6) is 0 Å². The molecule has 0 spiro atoms. The van der Waals surface area contributed by atoms with Crippen molar-refractivity contribution < 1.29 is 4.74 Å². The van der Waals surface area contributed by atoms with Crippen LogP contribution < -0.4 is 5.56 Å². The Hall–Kier alpha value is -2.47. The first-order chi connectivity index (χ1) is 11.7. The number of nitrogens with one attached hydrogen (secondary N) is 1. The number of nitrogens with zero attached hydrogens (tertiary/aromatic N) is 3. The molecule has 1 saturated heterocycles. The van der Waals surface area contributed by atoms with Gasteiger partial charge in [0, 0.05) is 37.4 Å². The molecule has 3 aromatic rings. The van der Waals surface area contributed by atoms with Crippen molar-refractivity contribution >= 4 is 5.65 Å². The van der Waals surface area contributed by atoms with E-state index in [1.807, 2.05) is 16.7 Å². The molecule has 1 aromatic carbocycles. The Bertz CT molecular complexity index is 922. The van der Waals surface area contributed by atoms with Crippen molar-refractivity contribution in [3.8, 4) is 0 Å². The summed E-state index contributed by atoms with van der Waals surface area (Å²) in [5.74, 6) is 1.16. The van der Waals surface area contributed by atoms with Gasteiger partial charge < -0.3 is 9.72 Å². The Morgan fingerprint density at radius 3 is 2.92 bits per heavy atom. The average molecular weight is 324 g/mol. The van der Waals surface area contributed by atoms with Gasteiger partial charge in [-0.05, 0) is 25.3 Å². The van der Waals surface area contributed by atoms with Crippen LogP contribution in [0.1, 0.15) is 41.4 Å². The van der Waals surface area contributed by atoms with Crippen LogP contribution >= 0.6 is 0 Å². The highest BCUT2D eigenvalue weighted by Crippen LogP contribution is 2.25. The smallest absolute Gasteiger partial charge is 0.293 e. The monoisotopic (exact) mass is 324 g/mol. The van der Waals surface area contributed by atoms with Gasteiger partial charge in [-0.1, -0.05) is 29.8 Å². The predicted molar refractivity (Wildman–Crippen MR) is 90.4 cm³/mol. The highest BCUT2D eigenvalue weighted by atomic mass is 16.5. The number of fused-ring (bicyclic) bond motifs is 1. The Balaban J connectivity index is 1.73. The minimum Gasteiger partial charge on any atom is -0.381 e. The highest BCUT2D eigenvalue weighted by Gasteiger charge is 2.22. The third-order valence-corrected chi connectivity index (χ3v) is 4.55. The Kier molecular flexibility index (Phi) is 3.90. The molecular weight excluding hydrogens is 304 g/mol. The molecule has 0 amide bonds. The molecule has 1 aliphatic heterocycles. The highest BCUT2D eigenvalue weighted by molar-refractivity contribution is 5.37. The van der Waals surface area contributed by atoms with Crippen LogP contribution in [-0.2, 0) is 11.2 Å². The van der Waals surface area contributed by atoms with Crippen LogP contribution in [0.3, 0.4) is 0 Å². The van der Waals surface area contributed by atoms with Crippen molar-refractivity contribution in [3.63, 3.8) is 0 Å². The van der Waals surface area contributed by atoms with E-state index in [1.165, 1.54) is 11.1 Å². The SMILES string of the molecule is Cc1cccc(Cc2cn3c(C4CCOCC4)nnc3c(=O)[nH]2)c1. The minimum absolute atomic E-state index is 0.189. The van der Waals surface area contributed by atoms with E-state index in [0.29, 0.717) is 18.0 Å². The van der Waals surface area contributed by atoms with E-state index in [0.717, 1.165) is 37.6 Å². The fraction of sp³-hybridized carbons (Fsp3) is 0.389. The maximum Gasteiger partial charge on any atom is 0.293 e.